The van der Waals surface area contributed by atoms with Crippen molar-refractivity contribution in [3.05, 3.63) is 106 Å². The first-order valence-electron chi connectivity index (χ1n) is 14.0. The lowest BCUT2D eigenvalue weighted by Gasteiger charge is -2.30. The first-order chi connectivity index (χ1) is 21.5. The molecule has 44 heavy (non-hydrogen) atoms. The van der Waals surface area contributed by atoms with Crippen LogP contribution < -0.4 is 21.4 Å². The number of rotatable bonds is 12. The van der Waals surface area contributed by atoms with E-state index < -0.39 is 0 Å². The number of ether oxygens (including phenoxy) is 1. The lowest BCUT2D eigenvalue weighted by molar-refractivity contribution is -0.107. The van der Waals surface area contributed by atoms with Gasteiger partial charge in [0.05, 0.1) is 28.6 Å². The van der Waals surface area contributed by atoms with Crippen molar-refractivity contribution in [2.75, 3.05) is 44.7 Å². The van der Waals surface area contributed by atoms with Crippen LogP contribution in [0.1, 0.15) is 39.9 Å². The zero-order valence-corrected chi connectivity index (χ0v) is 26.1. The van der Waals surface area contributed by atoms with E-state index in [1.807, 2.05) is 49.5 Å². The largest absolute Gasteiger partial charge is 0.383 e. The number of hydrogen-bond donors (Lipinski definition) is 3. The summed E-state index contributed by atoms with van der Waals surface area (Å²) in [7, 11) is 5.09. The average Bonchev–Trinajstić information content (AvgIpc) is 3.06. The Morgan fingerprint density at radius 2 is 1.82 bits per heavy atom. The summed E-state index contributed by atoms with van der Waals surface area (Å²) < 4.78 is 4.72. The Hall–Kier alpha value is -4.41. The third-order valence-electron chi connectivity index (χ3n) is 6.52. The van der Waals surface area contributed by atoms with Gasteiger partial charge in [-0.05, 0) is 86.1 Å². The summed E-state index contributed by atoms with van der Waals surface area (Å²) in [5, 5.41) is 12.2. The number of fused-ring (bicyclic) bond motifs is 1. The molecule has 0 radical (unpaired) electrons. The van der Waals surface area contributed by atoms with Gasteiger partial charge in [-0.2, -0.15) is 5.10 Å². The summed E-state index contributed by atoms with van der Waals surface area (Å²) in [6.45, 7) is 5.52. The molecule has 0 spiro atoms. The number of carbonyl (C=O) groups is 3. The van der Waals surface area contributed by atoms with Gasteiger partial charge in [0, 0.05) is 38.0 Å². The summed E-state index contributed by atoms with van der Waals surface area (Å²) in [6.07, 6.45) is 6.49. The van der Waals surface area contributed by atoms with E-state index in [1.165, 1.54) is 13.1 Å². The molecule has 0 saturated carbocycles. The Labute approximate surface area is 264 Å². The Morgan fingerprint density at radius 3 is 2.41 bits per heavy atom. The molecule has 4 N–H and O–H groups in total. The molecule has 0 heterocycles. The minimum absolute atomic E-state index is 0.261. The number of hydrazone groups is 1. The number of likely N-dealkylation sites (N-methyl/N-ethyl adjacent to an activating group) is 1. The van der Waals surface area contributed by atoms with E-state index in [9.17, 15) is 14.4 Å². The van der Waals surface area contributed by atoms with E-state index in [-0.39, 0.29) is 12.3 Å². The zero-order chi connectivity index (χ0) is 32.3. The lowest BCUT2D eigenvalue weighted by Crippen LogP contribution is -2.21. The van der Waals surface area contributed by atoms with Crippen molar-refractivity contribution < 1.29 is 19.1 Å². The van der Waals surface area contributed by atoms with Crippen LogP contribution in [0.3, 0.4) is 0 Å². The second kappa shape index (κ2) is 19.7. The van der Waals surface area contributed by atoms with Gasteiger partial charge in [-0.15, -0.1) is 0 Å². The number of nitrogens with two attached hydrogens (primary N) is 1. The van der Waals surface area contributed by atoms with Crippen LogP contribution in [-0.2, 0) is 20.7 Å². The molecule has 4 rings (SSSR count). The van der Waals surface area contributed by atoms with Crippen LogP contribution in [0.25, 0.3) is 11.8 Å². The fourth-order valence-electron chi connectivity index (χ4n) is 4.46. The molecule has 3 aromatic carbocycles. The van der Waals surface area contributed by atoms with Crippen LogP contribution in [0.2, 0.25) is 5.02 Å². The fraction of sp³-hybridized carbons (Fsp3) is 0.235. The number of aryl methyl sites for hydroxylation is 1. The summed E-state index contributed by atoms with van der Waals surface area (Å²) >= 11 is 6.20. The minimum Gasteiger partial charge on any atom is -0.383 e. The van der Waals surface area contributed by atoms with Crippen molar-refractivity contribution in [1.29, 1.82) is 0 Å². The molecule has 0 fully saturated rings. The zero-order valence-electron chi connectivity index (χ0n) is 25.4. The maximum Gasteiger partial charge on any atom is 0.257 e. The smallest absolute Gasteiger partial charge is 0.257 e. The molecule has 1 amide bonds. The molecule has 0 unspecified atom stereocenters. The number of aldehydes is 2. The number of benzene rings is 3. The molecule has 1 aliphatic rings. The summed E-state index contributed by atoms with van der Waals surface area (Å²) in [4.78, 5) is 35.0. The van der Waals surface area contributed by atoms with Gasteiger partial charge in [0.15, 0.2) is 0 Å². The number of halogens is 1. The van der Waals surface area contributed by atoms with E-state index in [2.05, 4.69) is 28.2 Å². The predicted octanol–water partition coefficient (Wildman–Crippen LogP) is 5.60. The van der Waals surface area contributed by atoms with Crippen LogP contribution >= 0.6 is 11.6 Å². The SMILES string of the molecule is C=NN(C1=C(CC=O)CCc2ccc(NC(=O)c3ccccc3Cl)cc21)c1ccc(/C=C/C=O)cc1.CN.CNCCOC. The average molecular weight is 618 g/mol. The van der Waals surface area contributed by atoms with E-state index >= 15 is 0 Å². The molecule has 0 atom stereocenters. The third-order valence-corrected chi connectivity index (χ3v) is 6.85. The number of carbonyl (C=O) groups excluding carboxylic acids is 3. The molecule has 0 saturated heterocycles. The predicted molar refractivity (Wildman–Crippen MR) is 181 cm³/mol. The van der Waals surface area contributed by atoms with Crippen LogP contribution in [0, 0.1) is 0 Å². The van der Waals surface area contributed by atoms with Crippen LogP contribution in [0.5, 0.6) is 0 Å². The number of hydrogen-bond acceptors (Lipinski definition) is 8. The Morgan fingerprint density at radius 1 is 1.09 bits per heavy atom. The number of nitrogens with zero attached hydrogens (tertiary/aromatic N) is 2. The maximum atomic E-state index is 12.8. The van der Waals surface area contributed by atoms with E-state index in [1.54, 1.807) is 42.5 Å². The minimum atomic E-state index is -0.312. The van der Waals surface area contributed by atoms with Crippen LogP contribution in [-0.4, -0.2) is 59.6 Å². The van der Waals surface area contributed by atoms with Gasteiger partial charge in [-0.1, -0.05) is 48.0 Å². The van der Waals surface area contributed by atoms with Crippen LogP contribution in [0.15, 0.2) is 83.5 Å². The highest BCUT2D eigenvalue weighted by Gasteiger charge is 2.25. The number of allylic oxidation sites excluding steroid dienone is 2. The topological polar surface area (TPSA) is 126 Å². The van der Waals surface area contributed by atoms with Crippen molar-refractivity contribution in [2.24, 2.45) is 10.8 Å². The van der Waals surface area contributed by atoms with Crippen molar-refractivity contribution in [2.45, 2.75) is 19.3 Å². The van der Waals surface area contributed by atoms with Gasteiger partial charge in [0.2, 0.25) is 0 Å². The van der Waals surface area contributed by atoms with Gasteiger partial charge in [0.25, 0.3) is 5.91 Å². The standard InChI is InChI=1S/C29H24ClN3O3.C4H11NO.CH5N/c1-31-33(24-14-8-20(9-15-24)5-4-17-34)28-22(16-18-35)11-10-21-12-13-23(19-26(21)28)32-29(36)25-6-2-3-7-27(25)30;1-5-3-4-6-2;1-2/h2-9,12-15,17-19H,1,10-11,16H2,(H,32,36);5H,3-4H2,1-2H3;2H2,1H3/b5-4+;;. The molecule has 10 heteroatoms. The van der Waals surface area contributed by atoms with Gasteiger partial charge < -0.3 is 25.9 Å². The number of anilines is 2. The van der Waals surface area contributed by atoms with Gasteiger partial charge >= 0.3 is 0 Å². The van der Waals surface area contributed by atoms with Crippen LogP contribution in [0.4, 0.5) is 11.4 Å². The van der Waals surface area contributed by atoms with Crippen molar-refractivity contribution in [1.82, 2.24) is 5.32 Å². The second-order valence-corrected chi connectivity index (χ2v) is 9.67. The quantitative estimate of drug-likeness (QED) is 0.0794. The number of amides is 1. The maximum absolute atomic E-state index is 12.8. The molecule has 9 nitrogen and oxygen atoms in total. The Bertz CT molecular complexity index is 1450. The highest BCUT2D eigenvalue weighted by atomic mass is 35.5. The molecular weight excluding hydrogens is 578 g/mol. The molecule has 3 aromatic rings. The van der Waals surface area contributed by atoms with Gasteiger partial charge in [-0.3, -0.25) is 9.59 Å². The number of nitrogens with one attached hydrogen (secondary N) is 2. The van der Waals surface area contributed by atoms with Gasteiger partial charge in [0.1, 0.15) is 12.6 Å². The van der Waals surface area contributed by atoms with Crippen molar-refractivity contribution in [3.63, 3.8) is 0 Å². The fourth-order valence-corrected chi connectivity index (χ4v) is 4.68. The highest BCUT2D eigenvalue weighted by molar-refractivity contribution is 6.34. The highest BCUT2D eigenvalue weighted by Crippen LogP contribution is 2.39. The van der Waals surface area contributed by atoms with E-state index in [0.717, 1.165) is 65.8 Å². The molecule has 232 valence electrons. The first-order valence-corrected chi connectivity index (χ1v) is 14.4. The third kappa shape index (κ3) is 10.1. The Balaban J connectivity index is 0.000000755. The second-order valence-electron chi connectivity index (χ2n) is 9.27. The Kier molecular flexibility index (Phi) is 16.0. The molecule has 1 aliphatic carbocycles. The molecular formula is C34H40ClN5O4. The molecule has 0 aromatic heterocycles. The van der Waals surface area contributed by atoms with Crippen molar-refractivity contribution >= 4 is 59.9 Å². The molecule has 0 bridgehead atoms. The summed E-state index contributed by atoms with van der Waals surface area (Å²) in [5.41, 5.74) is 10.7. The van der Waals surface area contributed by atoms with Gasteiger partial charge in [-0.25, -0.2) is 5.01 Å². The monoisotopic (exact) mass is 617 g/mol. The summed E-state index contributed by atoms with van der Waals surface area (Å²) in [5.74, 6) is -0.312. The normalized spacial score (nSPS) is 11.8. The lowest BCUT2D eigenvalue weighted by atomic mass is 9.87. The van der Waals surface area contributed by atoms with E-state index in [4.69, 9.17) is 16.3 Å². The van der Waals surface area contributed by atoms with Crippen molar-refractivity contribution in [3.8, 4) is 0 Å². The number of methoxy groups -OCH3 is 1. The molecule has 0 aliphatic heterocycles. The van der Waals surface area contributed by atoms with E-state index in [0.29, 0.717) is 22.7 Å². The first kappa shape index (κ1) is 35.8. The summed E-state index contributed by atoms with van der Waals surface area (Å²) in [6, 6.07) is 20.1.